The number of ether oxygens (including phenoxy) is 1. The third kappa shape index (κ3) is 5.64. The second kappa shape index (κ2) is 12.1. The quantitative estimate of drug-likeness (QED) is 0.289. The number of carbonyl (C=O) groups is 2. The number of anilines is 1. The zero-order valence-corrected chi connectivity index (χ0v) is 24.3. The van der Waals surface area contributed by atoms with Crippen LogP contribution in [0.1, 0.15) is 34.8 Å². The van der Waals surface area contributed by atoms with Gasteiger partial charge in [-0.25, -0.2) is 4.68 Å². The average molecular weight is 587 g/mol. The minimum atomic E-state index is -0.243. The van der Waals surface area contributed by atoms with E-state index >= 15 is 0 Å². The van der Waals surface area contributed by atoms with Crippen molar-refractivity contribution in [2.24, 2.45) is 0 Å². The number of hydrogen-bond acceptors (Lipinski definition) is 5. The number of para-hydroxylation sites is 1. The van der Waals surface area contributed by atoms with Gasteiger partial charge in [0.05, 0.1) is 33.5 Å². The molecule has 0 saturated carbocycles. The molecule has 0 spiro atoms. The summed E-state index contributed by atoms with van der Waals surface area (Å²) in [6.07, 6.45) is 1.92. The molecule has 6 rings (SSSR count). The number of nitrogens with one attached hydrogen (secondary N) is 1. The zero-order chi connectivity index (χ0) is 28.3. The van der Waals surface area contributed by atoms with E-state index in [0.29, 0.717) is 29.7 Å². The van der Waals surface area contributed by atoms with E-state index in [1.54, 1.807) is 27.4 Å². The Morgan fingerprint density at radius 1 is 1.07 bits per heavy atom. The van der Waals surface area contributed by atoms with E-state index in [1.165, 1.54) is 0 Å². The van der Waals surface area contributed by atoms with E-state index in [9.17, 15) is 9.59 Å². The first-order valence-corrected chi connectivity index (χ1v) is 15.2. The summed E-state index contributed by atoms with van der Waals surface area (Å²) in [5, 5.41) is 8.40. The molecule has 1 saturated heterocycles. The summed E-state index contributed by atoms with van der Waals surface area (Å²) in [5.41, 5.74) is 5.42. The maximum Gasteiger partial charge on any atom is 0.240 e. The number of nitrogens with zero attached hydrogens (tertiary/aromatic N) is 3. The molecule has 1 fully saturated rings. The van der Waals surface area contributed by atoms with Crippen LogP contribution in [0, 0.1) is 6.92 Å². The molecule has 9 heteroatoms. The van der Waals surface area contributed by atoms with Crippen LogP contribution in [0.25, 0.3) is 16.9 Å². The third-order valence-electron chi connectivity index (χ3n) is 7.54. The lowest BCUT2D eigenvalue weighted by molar-refractivity contribution is -0.123. The van der Waals surface area contributed by atoms with E-state index in [2.05, 4.69) is 24.4 Å². The summed E-state index contributed by atoms with van der Waals surface area (Å²) in [5.74, 6) is 0.371. The summed E-state index contributed by atoms with van der Waals surface area (Å²) < 4.78 is 7.42. The Hall–Kier alpha value is -3.59. The van der Waals surface area contributed by atoms with Gasteiger partial charge in [0.2, 0.25) is 11.8 Å². The number of halogens is 1. The van der Waals surface area contributed by atoms with Crippen molar-refractivity contribution in [3.8, 4) is 16.9 Å². The number of rotatable bonds is 7. The molecule has 2 atom stereocenters. The molecule has 0 aliphatic carbocycles. The highest BCUT2D eigenvalue weighted by Crippen LogP contribution is 2.49. The highest BCUT2D eigenvalue weighted by Gasteiger charge is 2.38. The Morgan fingerprint density at radius 2 is 1.83 bits per heavy atom. The molecule has 0 unspecified atom stereocenters. The van der Waals surface area contributed by atoms with Crippen molar-refractivity contribution in [3.63, 3.8) is 0 Å². The fraction of sp³-hybridized carbons (Fsp3) is 0.281. The highest BCUT2D eigenvalue weighted by atomic mass is 35.5. The van der Waals surface area contributed by atoms with Crippen molar-refractivity contribution in [1.82, 2.24) is 15.1 Å². The van der Waals surface area contributed by atoms with Crippen molar-refractivity contribution in [2.75, 3.05) is 30.3 Å². The largest absolute Gasteiger partial charge is 0.376 e. The van der Waals surface area contributed by atoms with Gasteiger partial charge in [-0.15, -0.1) is 11.8 Å². The Morgan fingerprint density at radius 3 is 2.59 bits per heavy atom. The van der Waals surface area contributed by atoms with Gasteiger partial charge in [-0.3, -0.25) is 14.5 Å². The fourth-order valence-corrected chi connectivity index (χ4v) is 6.99. The van der Waals surface area contributed by atoms with Crippen LogP contribution in [0.5, 0.6) is 0 Å². The molecular formula is C32H31ClN4O3S. The fourth-order valence-electron chi connectivity index (χ4n) is 5.48. The van der Waals surface area contributed by atoms with Crippen LogP contribution in [0.4, 0.5) is 5.82 Å². The van der Waals surface area contributed by atoms with Crippen molar-refractivity contribution in [2.45, 2.75) is 31.1 Å². The molecule has 4 aromatic rings. The van der Waals surface area contributed by atoms with E-state index in [-0.39, 0.29) is 35.5 Å². The van der Waals surface area contributed by atoms with E-state index < -0.39 is 0 Å². The SMILES string of the molecule is Cc1ccccc1[C@@H]1SCC(=O)N(CC(=O)NC[C@@H]2CCCO2)c2c1c(-c1ccccc1)nn2-c1ccccc1Cl. The van der Waals surface area contributed by atoms with E-state index in [1.807, 2.05) is 60.7 Å². The lowest BCUT2D eigenvalue weighted by Crippen LogP contribution is -2.44. The summed E-state index contributed by atoms with van der Waals surface area (Å²) in [4.78, 5) is 28.8. The zero-order valence-electron chi connectivity index (χ0n) is 22.8. The monoisotopic (exact) mass is 586 g/mol. The van der Waals surface area contributed by atoms with E-state index in [4.69, 9.17) is 21.4 Å². The first kappa shape index (κ1) is 27.6. The Balaban J connectivity index is 1.54. The molecule has 0 bridgehead atoms. The van der Waals surface area contributed by atoms with Crippen molar-refractivity contribution in [1.29, 1.82) is 0 Å². The molecule has 7 nitrogen and oxygen atoms in total. The van der Waals surface area contributed by atoms with Crippen LogP contribution in [0.2, 0.25) is 5.02 Å². The lowest BCUT2D eigenvalue weighted by Gasteiger charge is -2.24. The molecule has 3 aromatic carbocycles. The predicted octanol–water partition coefficient (Wildman–Crippen LogP) is 5.97. The molecule has 41 heavy (non-hydrogen) atoms. The first-order chi connectivity index (χ1) is 20.0. The van der Waals surface area contributed by atoms with Gasteiger partial charge < -0.3 is 10.1 Å². The third-order valence-corrected chi connectivity index (χ3v) is 9.10. The van der Waals surface area contributed by atoms with Crippen LogP contribution < -0.4 is 10.2 Å². The maximum absolute atomic E-state index is 13.9. The van der Waals surface area contributed by atoms with Gasteiger partial charge in [0.15, 0.2) is 0 Å². The van der Waals surface area contributed by atoms with Gasteiger partial charge in [-0.1, -0.05) is 78.3 Å². The molecule has 3 heterocycles. The molecule has 210 valence electrons. The van der Waals surface area contributed by atoms with Gasteiger partial charge >= 0.3 is 0 Å². The minimum absolute atomic E-state index is 0.00803. The Bertz CT molecular complexity index is 1570. The van der Waals surface area contributed by atoms with Crippen LogP contribution >= 0.6 is 23.4 Å². The Labute approximate surface area is 248 Å². The van der Waals surface area contributed by atoms with Crippen LogP contribution in [0.3, 0.4) is 0 Å². The standard InChI is InChI=1S/C32H31ClN4O3S/c1-21-10-5-6-14-24(21)31-29-30(22-11-3-2-4-12-22)35-37(26-16-8-7-15-25(26)33)32(29)36(28(39)20-41-31)19-27(38)34-18-23-13-9-17-40-23/h2-8,10-12,14-16,23,31H,9,13,17-20H2,1H3,(H,34,38)/t23-,31-/m0/s1. The Kier molecular flexibility index (Phi) is 8.14. The van der Waals surface area contributed by atoms with Crippen molar-refractivity contribution < 1.29 is 14.3 Å². The van der Waals surface area contributed by atoms with Crippen LogP contribution in [-0.2, 0) is 14.3 Å². The molecule has 2 aliphatic rings. The normalized spacial score (nSPS) is 18.7. The smallest absolute Gasteiger partial charge is 0.240 e. The summed E-state index contributed by atoms with van der Waals surface area (Å²) in [6, 6.07) is 25.6. The second-order valence-corrected chi connectivity index (χ2v) is 11.8. The summed E-state index contributed by atoms with van der Waals surface area (Å²) in [6.45, 7) is 3.09. The topological polar surface area (TPSA) is 76.5 Å². The number of thioether (sulfide) groups is 1. The number of benzene rings is 3. The van der Waals surface area contributed by atoms with E-state index in [0.717, 1.165) is 40.8 Å². The first-order valence-electron chi connectivity index (χ1n) is 13.8. The van der Waals surface area contributed by atoms with Crippen LogP contribution in [-0.4, -0.2) is 53.1 Å². The lowest BCUT2D eigenvalue weighted by atomic mass is 9.97. The molecule has 2 amide bonds. The predicted molar refractivity (Wildman–Crippen MR) is 164 cm³/mol. The van der Waals surface area contributed by atoms with Gasteiger partial charge in [-0.05, 0) is 43.0 Å². The average Bonchev–Trinajstić information content (AvgIpc) is 3.62. The molecular weight excluding hydrogens is 556 g/mol. The number of fused-ring (bicyclic) bond motifs is 1. The second-order valence-electron chi connectivity index (χ2n) is 10.3. The number of aryl methyl sites for hydroxylation is 1. The van der Waals surface area contributed by atoms with Gasteiger partial charge in [0.25, 0.3) is 0 Å². The highest BCUT2D eigenvalue weighted by molar-refractivity contribution is 8.00. The summed E-state index contributed by atoms with van der Waals surface area (Å²) in [7, 11) is 0. The number of amides is 2. The van der Waals surface area contributed by atoms with Crippen LogP contribution in [0.15, 0.2) is 78.9 Å². The maximum atomic E-state index is 13.9. The molecule has 0 radical (unpaired) electrons. The van der Waals surface area contributed by atoms with Crippen molar-refractivity contribution in [3.05, 3.63) is 101 Å². The van der Waals surface area contributed by atoms with Gasteiger partial charge in [-0.2, -0.15) is 5.10 Å². The number of hydrogen-bond donors (Lipinski definition) is 1. The van der Waals surface area contributed by atoms with Crippen molar-refractivity contribution >= 4 is 41.0 Å². The minimum Gasteiger partial charge on any atom is -0.376 e. The van der Waals surface area contributed by atoms with Gasteiger partial charge in [0, 0.05) is 24.3 Å². The molecule has 1 aromatic heterocycles. The number of aromatic nitrogens is 2. The number of carbonyl (C=O) groups excluding carboxylic acids is 2. The summed E-state index contributed by atoms with van der Waals surface area (Å²) >= 11 is 8.28. The molecule has 1 N–H and O–H groups in total. The van der Waals surface area contributed by atoms with Gasteiger partial charge in [0.1, 0.15) is 12.4 Å². The molecule has 2 aliphatic heterocycles.